The van der Waals surface area contributed by atoms with Gasteiger partial charge in [0, 0.05) is 12.0 Å². The Morgan fingerprint density at radius 1 is 1.04 bits per heavy atom. The average molecular weight is 350 g/mol. The van der Waals surface area contributed by atoms with Crippen LogP contribution >= 0.6 is 0 Å². The van der Waals surface area contributed by atoms with E-state index in [1.165, 1.54) is 5.56 Å². The van der Waals surface area contributed by atoms with Gasteiger partial charge in [-0.2, -0.15) is 0 Å². The van der Waals surface area contributed by atoms with Gasteiger partial charge in [0.25, 0.3) is 0 Å². The molecule has 2 unspecified atom stereocenters. The van der Waals surface area contributed by atoms with Gasteiger partial charge < -0.3 is 15.4 Å². The van der Waals surface area contributed by atoms with Gasteiger partial charge in [-0.05, 0) is 61.5 Å². The van der Waals surface area contributed by atoms with Gasteiger partial charge in [-0.15, -0.1) is 0 Å². The fourth-order valence-electron chi connectivity index (χ4n) is 3.68. The summed E-state index contributed by atoms with van der Waals surface area (Å²) in [5.74, 6) is 1.60. The molecular formula is C22H26N2O2. The Morgan fingerprint density at radius 3 is 2.50 bits per heavy atom. The molecule has 4 rings (SSSR count). The molecule has 0 radical (unpaired) electrons. The molecular weight excluding hydrogens is 324 g/mol. The molecule has 1 amide bonds. The van der Waals surface area contributed by atoms with Crippen molar-refractivity contribution in [2.45, 2.75) is 37.8 Å². The second kappa shape index (κ2) is 7.92. The van der Waals surface area contributed by atoms with Crippen molar-refractivity contribution in [3.63, 3.8) is 0 Å². The van der Waals surface area contributed by atoms with E-state index in [9.17, 15) is 4.79 Å². The lowest BCUT2D eigenvalue weighted by molar-refractivity contribution is -0.123. The number of piperidine rings is 1. The molecule has 2 aromatic rings. The highest BCUT2D eigenvalue weighted by Crippen LogP contribution is 2.47. The molecule has 0 bridgehead atoms. The van der Waals surface area contributed by atoms with Crippen LogP contribution in [0.25, 0.3) is 0 Å². The van der Waals surface area contributed by atoms with E-state index in [1.54, 1.807) is 0 Å². The summed E-state index contributed by atoms with van der Waals surface area (Å²) in [4.78, 5) is 12.4. The predicted molar refractivity (Wildman–Crippen MR) is 102 cm³/mol. The zero-order valence-corrected chi connectivity index (χ0v) is 15.0. The Kier molecular flexibility index (Phi) is 5.21. The van der Waals surface area contributed by atoms with Crippen molar-refractivity contribution >= 4 is 5.91 Å². The van der Waals surface area contributed by atoms with Gasteiger partial charge in [-0.1, -0.05) is 42.5 Å². The van der Waals surface area contributed by atoms with Gasteiger partial charge >= 0.3 is 0 Å². The van der Waals surface area contributed by atoms with Crippen molar-refractivity contribution in [1.82, 2.24) is 10.6 Å². The van der Waals surface area contributed by atoms with Crippen LogP contribution in [0.3, 0.4) is 0 Å². The van der Waals surface area contributed by atoms with Gasteiger partial charge in [0.15, 0.2) is 0 Å². The first-order valence-corrected chi connectivity index (χ1v) is 9.57. The average Bonchev–Trinajstić information content (AvgIpc) is 3.49. The number of rotatable bonds is 6. The van der Waals surface area contributed by atoms with Crippen LogP contribution in [0, 0.1) is 5.92 Å². The Labute approximate surface area is 155 Å². The van der Waals surface area contributed by atoms with Gasteiger partial charge in [-0.3, -0.25) is 4.79 Å². The van der Waals surface area contributed by atoms with Crippen molar-refractivity contribution in [3.05, 3.63) is 65.7 Å². The second-order valence-corrected chi connectivity index (χ2v) is 7.32. The zero-order valence-electron chi connectivity index (χ0n) is 15.0. The summed E-state index contributed by atoms with van der Waals surface area (Å²) in [5, 5.41) is 6.56. The van der Waals surface area contributed by atoms with E-state index in [2.05, 4.69) is 34.9 Å². The third-order valence-corrected chi connectivity index (χ3v) is 5.37. The maximum atomic E-state index is 12.4. The van der Waals surface area contributed by atoms with E-state index in [0.717, 1.165) is 43.7 Å². The minimum Gasteiger partial charge on any atom is -0.489 e. The Bertz CT molecular complexity index is 724. The Morgan fingerprint density at radius 2 is 1.77 bits per heavy atom. The minimum atomic E-state index is 0.140. The van der Waals surface area contributed by atoms with E-state index >= 15 is 0 Å². The standard InChI is InChI=1S/C22H26N2O2/c25-22(24-18-10-12-23-13-11-18)21-14-20(21)17-6-8-19(9-7-17)26-15-16-4-2-1-3-5-16/h1-9,18,20-21,23H,10-15H2,(H,24,25). The molecule has 2 fully saturated rings. The Balaban J connectivity index is 1.27. The summed E-state index contributed by atoms with van der Waals surface area (Å²) in [5.41, 5.74) is 2.40. The van der Waals surface area contributed by atoms with Crippen molar-refractivity contribution in [1.29, 1.82) is 0 Å². The highest BCUT2D eigenvalue weighted by atomic mass is 16.5. The smallest absolute Gasteiger partial charge is 0.223 e. The SMILES string of the molecule is O=C(NC1CCNCC1)C1CC1c1ccc(OCc2ccccc2)cc1. The number of benzene rings is 2. The number of hydrogen-bond acceptors (Lipinski definition) is 3. The highest BCUT2D eigenvalue weighted by Gasteiger charge is 2.44. The van der Waals surface area contributed by atoms with Crippen LogP contribution in [0.2, 0.25) is 0 Å². The van der Waals surface area contributed by atoms with E-state index < -0.39 is 0 Å². The molecule has 0 spiro atoms. The van der Waals surface area contributed by atoms with Crippen molar-refractivity contribution in [2.75, 3.05) is 13.1 Å². The molecule has 1 aliphatic carbocycles. The molecule has 1 saturated carbocycles. The number of carbonyl (C=O) groups excluding carboxylic acids is 1. The van der Waals surface area contributed by atoms with Gasteiger partial charge in [0.2, 0.25) is 5.91 Å². The molecule has 1 heterocycles. The summed E-state index contributed by atoms with van der Waals surface area (Å²) >= 11 is 0. The summed E-state index contributed by atoms with van der Waals surface area (Å²) in [7, 11) is 0. The molecule has 136 valence electrons. The van der Waals surface area contributed by atoms with E-state index in [-0.39, 0.29) is 11.8 Å². The fourth-order valence-corrected chi connectivity index (χ4v) is 3.68. The number of carbonyl (C=O) groups is 1. The molecule has 2 atom stereocenters. The van der Waals surface area contributed by atoms with Crippen LogP contribution in [-0.2, 0) is 11.4 Å². The summed E-state index contributed by atoms with van der Waals surface area (Å²) in [6.45, 7) is 2.58. The quantitative estimate of drug-likeness (QED) is 0.841. The van der Waals surface area contributed by atoms with Gasteiger partial charge in [0.05, 0.1) is 0 Å². The lowest BCUT2D eigenvalue weighted by atomic mass is 10.1. The van der Waals surface area contributed by atoms with Crippen LogP contribution in [0.1, 0.15) is 36.3 Å². The number of ether oxygens (including phenoxy) is 1. The first-order valence-electron chi connectivity index (χ1n) is 9.57. The third-order valence-electron chi connectivity index (χ3n) is 5.37. The lowest BCUT2D eigenvalue weighted by Gasteiger charge is -2.23. The zero-order chi connectivity index (χ0) is 17.8. The number of hydrogen-bond donors (Lipinski definition) is 2. The first-order chi connectivity index (χ1) is 12.8. The molecule has 2 aliphatic rings. The van der Waals surface area contributed by atoms with Crippen molar-refractivity contribution in [3.8, 4) is 5.75 Å². The van der Waals surface area contributed by atoms with Crippen LogP contribution in [0.4, 0.5) is 0 Å². The number of amides is 1. The predicted octanol–water partition coefficient (Wildman–Crippen LogP) is 3.24. The number of nitrogens with one attached hydrogen (secondary N) is 2. The maximum absolute atomic E-state index is 12.4. The summed E-state index contributed by atoms with van der Waals surface area (Å²) < 4.78 is 5.84. The van der Waals surface area contributed by atoms with E-state index in [4.69, 9.17) is 4.74 Å². The highest BCUT2D eigenvalue weighted by molar-refractivity contribution is 5.83. The van der Waals surface area contributed by atoms with Crippen molar-refractivity contribution in [2.24, 2.45) is 5.92 Å². The van der Waals surface area contributed by atoms with Crippen LogP contribution in [-0.4, -0.2) is 25.0 Å². The monoisotopic (exact) mass is 350 g/mol. The molecule has 2 aromatic carbocycles. The summed E-state index contributed by atoms with van der Waals surface area (Å²) in [6.07, 6.45) is 3.04. The largest absolute Gasteiger partial charge is 0.489 e. The normalized spacial score (nSPS) is 22.6. The second-order valence-electron chi connectivity index (χ2n) is 7.32. The molecule has 4 heteroatoms. The lowest BCUT2D eigenvalue weighted by Crippen LogP contribution is -2.43. The van der Waals surface area contributed by atoms with Gasteiger partial charge in [0.1, 0.15) is 12.4 Å². The maximum Gasteiger partial charge on any atom is 0.223 e. The third kappa shape index (κ3) is 4.25. The Hall–Kier alpha value is -2.33. The summed E-state index contributed by atoms with van der Waals surface area (Å²) in [6, 6.07) is 18.7. The topological polar surface area (TPSA) is 50.4 Å². The molecule has 1 saturated heterocycles. The molecule has 0 aromatic heterocycles. The molecule has 4 nitrogen and oxygen atoms in total. The molecule has 2 N–H and O–H groups in total. The van der Waals surface area contributed by atoms with Crippen LogP contribution < -0.4 is 15.4 Å². The van der Waals surface area contributed by atoms with E-state index in [1.807, 2.05) is 30.3 Å². The van der Waals surface area contributed by atoms with E-state index in [0.29, 0.717) is 18.6 Å². The van der Waals surface area contributed by atoms with Crippen LogP contribution in [0.5, 0.6) is 5.75 Å². The molecule has 26 heavy (non-hydrogen) atoms. The van der Waals surface area contributed by atoms with Crippen LogP contribution in [0.15, 0.2) is 54.6 Å². The van der Waals surface area contributed by atoms with Crippen molar-refractivity contribution < 1.29 is 9.53 Å². The first kappa shape index (κ1) is 17.1. The molecule has 1 aliphatic heterocycles. The van der Waals surface area contributed by atoms with Gasteiger partial charge in [-0.25, -0.2) is 0 Å². The fraction of sp³-hybridized carbons (Fsp3) is 0.409. The minimum absolute atomic E-state index is 0.140.